The number of hydrogen-bond acceptors (Lipinski definition) is 1. The molecule has 0 aliphatic rings. The van der Waals surface area contributed by atoms with E-state index in [9.17, 15) is 4.79 Å². The van der Waals surface area contributed by atoms with Crippen molar-refractivity contribution in [1.82, 2.24) is 5.32 Å². The standard InChI is InChI=1S/C9H12N2O/c1-7(12)11-6-8-2-4-9(10)5-3-8/h2-5H,6,10H2,1H3,(H,11,12)/p+1. The van der Waals surface area contributed by atoms with Crippen LogP contribution in [0.4, 0.5) is 5.69 Å². The Balaban J connectivity index is 2.53. The summed E-state index contributed by atoms with van der Waals surface area (Å²) < 4.78 is 0. The van der Waals surface area contributed by atoms with Crippen molar-refractivity contribution in [2.45, 2.75) is 13.5 Å². The SMILES string of the molecule is CC(=O)NCc1ccc([NH3+])cc1. The van der Waals surface area contributed by atoms with Gasteiger partial charge in [0, 0.05) is 13.5 Å². The van der Waals surface area contributed by atoms with Crippen LogP contribution in [0.3, 0.4) is 0 Å². The van der Waals surface area contributed by atoms with Gasteiger partial charge in [-0.25, -0.2) is 0 Å². The van der Waals surface area contributed by atoms with E-state index in [0.717, 1.165) is 11.3 Å². The van der Waals surface area contributed by atoms with Gasteiger partial charge in [0.25, 0.3) is 0 Å². The summed E-state index contributed by atoms with van der Waals surface area (Å²) in [6.07, 6.45) is 0. The van der Waals surface area contributed by atoms with Gasteiger partial charge in [-0.3, -0.25) is 4.79 Å². The molecule has 0 bridgehead atoms. The summed E-state index contributed by atoms with van der Waals surface area (Å²) >= 11 is 0. The van der Waals surface area contributed by atoms with Crippen LogP contribution in [-0.4, -0.2) is 5.91 Å². The summed E-state index contributed by atoms with van der Waals surface area (Å²) in [7, 11) is 0. The van der Waals surface area contributed by atoms with Crippen molar-refractivity contribution in [3.8, 4) is 0 Å². The summed E-state index contributed by atoms with van der Waals surface area (Å²) in [4.78, 5) is 10.6. The second kappa shape index (κ2) is 3.88. The van der Waals surface area contributed by atoms with Gasteiger partial charge in [0.15, 0.2) is 0 Å². The van der Waals surface area contributed by atoms with Crippen LogP contribution in [0.15, 0.2) is 24.3 Å². The van der Waals surface area contributed by atoms with E-state index in [4.69, 9.17) is 0 Å². The number of hydrogen-bond donors (Lipinski definition) is 2. The Bertz CT molecular complexity index is 266. The van der Waals surface area contributed by atoms with Crippen molar-refractivity contribution in [1.29, 1.82) is 0 Å². The molecular formula is C9H13N2O+. The van der Waals surface area contributed by atoms with Crippen LogP contribution in [0.5, 0.6) is 0 Å². The third kappa shape index (κ3) is 2.72. The normalized spacial score (nSPS) is 9.50. The molecule has 0 unspecified atom stereocenters. The Morgan fingerprint density at radius 2 is 2.00 bits per heavy atom. The Morgan fingerprint density at radius 3 is 2.50 bits per heavy atom. The van der Waals surface area contributed by atoms with Gasteiger partial charge in [0.05, 0.1) is 0 Å². The van der Waals surface area contributed by atoms with Crippen LogP contribution in [0.2, 0.25) is 0 Å². The molecule has 1 amide bonds. The molecule has 0 aliphatic carbocycles. The summed E-state index contributed by atoms with van der Waals surface area (Å²) in [5.41, 5.74) is 5.85. The topological polar surface area (TPSA) is 56.7 Å². The number of nitrogens with one attached hydrogen (secondary N) is 1. The van der Waals surface area contributed by atoms with E-state index in [0.29, 0.717) is 6.54 Å². The molecule has 64 valence electrons. The highest BCUT2D eigenvalue weighted by Gasteiger charge is 1.94. The molecule has 1 aromatic carbocycles. The maximum absolute atomic E-state index is 10.6. The van der Waals surface area contributed by atoms with Gasteiger partial charge in [0.2, 0.25) is 5.91 Å². The maximum atomic E-state index is 10.6. The lowest BCUT2D eigenvalue weighted by atomic mass is 10.2. The van der Waals surface area contributed by atoms with E-state index in [1.54, 1.807) is 0 Å². The first-order valence-electron chi connectivity index (χ1n) is 3.84. The van der Waals surface area contributed by atoms with Crippen LogP contribution in [0.25, 0.3) is 0 Å². The molecule has 0 radical (unpaired) electrons. The molecule has 0 saturated heterocycles. The zero-order chi connectivity index (χ0) is 8.97. The minimum Gasteiger partial charge on any atom is -0.352 e. The first-order chi connectivity index (χ1) is 5.68. The Kier molecular flexibility index (Phi) is 2.82. The van der Waals surface area contributed by atoms with Crippen molar-refractivity contribution < 1.29 is 10.5 Å². The molecule has 0 saturated carbocycles. The fourth-order valence-electron chi connectivity index (χ4n) is 0.884. The van der Waals surface area contributed by atoms with Crippen LogP contribution in [0.1, 0.15) is 12.5 Å². The lowest BCUT2D eigenvalue weighted by Crippen LogP contribution is -2.39. The molecule has 0 heterocycles. The smallest absolute Gasteiger partial charge is 0.217 e. The summed E-state index contributed by atoms with van der Waals surface area (Å²) in [5.74, 6) is -0.00583. The molecule has 12 heavy (non-hydrogen) atoms. The lowest BCUT2D eigenvalue weighted by molar-refractivity contribution is -0.254. The van der Waals surface area contributed by atoms with Crippen LogP contribution in [-0.2, 0) is 11.3 Å². The van der Waals surface area contributed by atoms with E-state index in [-0.39, 0.29) is 5.91 Å². The van der Waals surface area contributed by atoms with Gasteiger partial charge in [-0.15, -0.1) is 0 Å². The molecule has 4 N–H and O–H groups in total. The number of quaternary nitrogens is 1. The van der Waals surface area contributed by atoms with Crippen molar-refractivity contribution in [3.05, 3.63) is 29.8 Å². The molecule has 3 heteroatoms. The molecular weight excluding hydrogens is 152 g/mol. The van der Waals surface area contributed by atoms with Crippen LogP contribution in [0, 0.1) is 0 Å². The monoisotopic (exact) mass is 165 g/mol. The van der Waals surface area contributed by atoms with Gasteiger partial charge < -0.3 is 11.1 Å². The molecule has 1 rings (SSSR count). The van der Waals surface area contributed by atoms with Gasteiger partial charge in [-0.1, -0.05) is 12.1 Å². The molecule has 0 spiro atoms. The minimum atomic E-state index is -0.00583. The predicted molar refractivity (Wildman–Crippen MR) is 46.5 cm³/mol. The second-order valence-electron chi connectivity index (χ2n) is 2.73. The molecule has 3 nitrogen and oxygen atoms in total. The largest absolute Gasteiger partial charge is 0.352 e. The fourth-order valence-corrected chi connectivity index (χ4v) is 0.884. The van der Waals surface area contributed by atoms with Gasteiger partial charge in [0.1, 0.15) is 5.69 Å². The minimum absolute atomic E-state index is 0.00583. The van der Waals surface area contributed by atoms with Gasteiger partial charge in [-0.2, -0.15) is 0 Å². The lowest BCUT2D eigenvalue weighted by Gasteiger charge is -2.00. The first kappa shape index (κ1) is 8.74. The van der Waals surface area contributed by atoms with Crippen molar-refractivity contribution in [3.63, 3.8) is 0 Å². The zero-order valence-electron chi connectivity index (χ0n) is 7.13. The van der Waals surface area contributed by atoms with E-state index < -0.39 is 0 Å². The predicted octanol–water partition coefficient (Wildman–Crippen LogP) is 0.196. The second-order valence-corrected chi connectivity index (χ2v) is 2.73. The molecule has 0 aromatic heterocycles. The molecule has 0 atom stereocenters. The van der Waals surface area contributed by atoms with E-state index in [1.807, 2.05) is 24.3 Å². The number of carbonyl (C=O) groups excluding carboxylic acids is 1. The Hall–Kier alpha value is -1.35. The average molecular weight is 165 g/mol. The Morgan fingerprint density at radius 1 is 1.42 bits per heavy atom. The van der Waals surface area contributed by atoms with Gasteiger partial charge in [-0.05, 0) is 17.7 Å². The Labute approximate surface area is 71.6 Å². The number of rotatable bonds is 2. The quantitative estimate of drug-likeness (QED) is 0.646. The average Bonchev–Trinajstić information content (AvgIpc) is 2.03. The highest BCUT2D eigenvalue weighted by atomic mass is 16.1. The maximum Gasteiger partial charge on any atom is 0.217 e. The van der Waals surface area contributed by atoms with Crippen molar-refractivity contribution >= 4 is 11.6 Å². The number of carbonyl (C=O) groups is 1. The highest BCUT2D eigenvalue weighted by molar-refractivity contribution is 5.72. The number of amides is 1. The van der Waals surface area contributed by atoms with E-state index >= 15 is 0 Å². The number of benzene rings is 1. The fraction of sp³-hybridized carbons (Fsp3) is 0.222. The summed E-state index contributed by atoms with van der Waals surface area (Å²) in [5, 5.41) is 2.72. The summed E-state index contributed by atoms with van der Waals surface area (Å²) in [6, 6.07) is 7.77. The third-order valence-corrected chi connectivity index (χ3v) is 1.56. The van der Waals surface area contributed by atoms with Crippen LogP contribution < -0.4 is 11.1 Å². The molecule has 0 aliphatic heterocycles. The van der Waals surface area contributed by atoms with Crippen molar-refractivity contribution in [2.75, 3.05) is 0 Å². The molecule has 1 aromatic rings. The van der Waals surface area contributed by atoms with E-state index in [1.165, 1.54) is 6.92 Å². The zero-order valence-corrected chi connectivity index (χ0v) is 7.13. The first-order valence-corrected chi connectivity index (χ1v) is 3.84. The van der Waals surface area contributed by atoms with Gasteiger partial charge >= 0.3 is 0 Å². The molecule has 0 fully saturated rings. The third-order valence-electron chi connectivity index (χ3n) is 1.56. The van der Waals surface area contributed by atoms with Crippen molar-refractivity contribution in [2.24, 2.45) is 0 Å². The highest BCUT2D eigenvalue weighted by Crippen LogP contribution is 2.02. The van der Waals surface area contributed by atoms with E-state index in [2.05, 4.69) is 11.1 Å². The van der Waals surface area contributed by atoms with Crippen LogP contribution >= 0.6 is 0 Å². The summed E-state index contributed by atoms with van der Waals surface area (Å²) in [6.45, 7) is 2.10.